The zero-order valence-corrected chi connectivity index (χ0v) is 18.4. The molecule has 3 aromatic rings. The number of aromatic nitrogens is 1. The number of pyridine rings is 1. The molecule has 1 spiro atoms. The van der Waals surface area contributed by atoms with Crippen molar-refractivity contribution < 1.29 is 19.4 Å². The molecule has 33 heavy (non-hydrogen) atoms. The molecule has 4 heterocycles. The molecule has 8 rings (SSSR count). The maximum absolute atomic E-state index is 12.8. The number of aliphatic hydroxyl groups is 1. The Kier molecular flexibility index (Phi) is 3.04. The van der Waals surface area contributed by atoms with Gasteiger partial charge in [0.15, 0.2) is 17.6 Å². The topological polar surface area (TPSA) is 83.9 Å². The number of nitrogens with one attached hydrogen (secondary N) is 1. The van der Waals surface area contributed by atoms with Crippen LogP contribution in [0.5, 0.6) is 11.5 Å². The van der Waals surface area contributed by atoms with Crippen LogP contribution in [-0.4, -0.2) is 53.2 Å². The van der Waals surface area contributed by atoms with Crippen molar-refractivity contribution in [1.29, 1.82) is 0 Å². The van der Waals surface area contributed by atoms with Crippen molar-refractivity contribution in [2.45, 2.75) is 42.4 Å². The van der Waals surface area contributed by atoms with Gasteiger partial charge in [0.2, 0.25) is 0 Å². The number of piperidine rings is 1. The number of carbonyl (C=O) groups excluding carboxylic acids is 1. The Labute approximate surface area is 190 Å². The number of hydrogen-bond donors (Lipinski definition) is 2. The van der Waals surface area contributed by atoms with Gasteiger partial charge in [-0.05, 0) is 50.2 Å². The smallest absolute Gasteiger partial charge is 0.256 e. The summed E-state index contributed by atoms with van der Waals surface area (Å²) >= 11 is 0. The van der Waals surface area contributed by atoms with E-state index >= 15 is 0 Å². The number of nitrogens with zero attached hydrogens (tertiary/aromatic N) is 2. The Morgan fingerprint density at radius 1 is 1.30 bits per heavy atom. The largest absolute Gasteiger partial charge is 0.493 e. The van der Waals surface area contributed by atoms with Crippen molar-refractivity contribution in [2.75, 3.05) is 26.0 Å². The highest BCUT2D eigenvalue weighted by Crippen LogP contribution is 2.69. The normalized spacial score (nSPS) is 32.3. The van der Waals surface area contributed by atoms with E-state index < -0.39 is 17.1 Å². The third-order valence-electron chi connectivity index (χ3n) is 9.01. The SMILES string of the molecule is COc1ccc2c3c1OC1c4nc5cccc6c5c(c4CC4(O)[C@@H](C2)N(C)CC[C@]314)NC6=O. The van der Waals surface area contributed by atoms with Gasteiger partial charge in [0.05, 0.1) is 40.6 Å². The highest BCUT2D eigenvalue weighted by Gasteiger charge is 2.72. The number of amides is 1. The van der Waals surface area contributed by atoms with Crippen molar-refractivity contribution in [3.8, 4) is 11.5 Å². The van der Waals surface area contributed by atoms with Crippen molar-refractivity contribution >= 4 is 22.5 Å². The second-order valence-electron chi connectivity index (χ2n) is 10.2. The third kappa shape index (κ3) is 1.79. The Bertz CT molecular complexity index is 1450. The standard InChI is InChI=1S/C26H23N3O4/c1-29-9-8-25-19-12-6-7-16(32-2)22(19)33-23(25)21-14(11-26(25,31)17(29)10-12)20-18-13(24(30)28-20)4-3-5-15(18)27-21/h3-7,17,23,31H,8-11H2,1-2H3,(H,28,30)/t17-,23?,25+,26?/m1/s1. The predicted molar refractivity (Wildman–Crippen MR) is 121 cm³/mol. The third-order valence-corrected chi connectivity index (χ3v) is 9.01. The molecular formula is C26H23N3O4. The molecule has 1 amide bonds. The van der Waals surface area contributed by atoms with Gasteiger partial charge in [-0.15, -0.1) is 0 Å². The molecule has 1 aromatic heterocycles. The Balaban J connectivity index is 1.49. The summed E-state index contributed by atoms with van der Waals surface area (Å²) < 4.78 is 12.4. The monoisotopic (exact) mass is 441 g/mol. The fourth-order valence-electron chi connectivity index (χ4n) is 7.62. The molecular weight excluding hydrogens is 418 g/mol. The number of rotatable bonds is 1. The molecule has 0 radical (unpaired) electrons. The summed E-state index contributed by atoms with van der Waals surface area (Å²) in [4.78, 5) is 20.1. The summed E-state index contributed by atoms with van der Waals surface area (Å²) in [6.45, 7) is 0.875. The molecule has 5 aliphatic rings. The van der Waals surface area contributed by atoms with E-state index in [2.05, 4.69) is 23.3 Å². The van der Waals surface area contributed by atoms with Crippen LogP contribution >= 0.6 is 0 Å². The number of ether oxygens (including phenoxy) is 2. The first-order chi connectivity index (χ1) is 16.0. The highest BCUT2D eigenvalue weighted by atomic mass is 16.5. The molecule has 2 aromatic carbocycles. The average Bonchev–Trinajstić information content (AvgIpc) is 3.34. The van der Waals surface area contributed by atoms with Crippen LogP contribution in [0.3, 0.4) is 0 Å². The molecule has 0 saturated carbocycles. The maximum atomic E-state index is 12.8. The number of fused-ring (bicyclic) bond motifs is 3. The Morgan fingerprint density at radius 2 is 2.18 bits per heavy atom. The lowest BCUT2D eigenvalue weighted by Gasteiger charge is -2.62. The number of likely N-dealkylation sites (tertiary alicyclic amines) is 1. The molecule has 7 nitrogen and oxygen atoms in total. The van der Waals surface area contributed by atoms with Crippen LogP contribution < -0.4 is 14.8 Å². The van der Waals surface area contributed by atoms with E-state index in [4.69, 9.17) is 14.5 Å². The molecule has 2 unspecified atom stereocenters. The fourth-order valence-corrected chi connectivity index (χ4v) is 7.62. The predicted octanol–water partition coefficient (Wildman–Crippen LogP) is 2.73. The summed E-state index contributed by atoms with van der Waals surface area (Å²) in [5, 5.41) is 16.6. The van der Waals surface area contributed by atoms with Gasteiger partial charge in [0.25, 0.3) is 5.91 Å². The average molecular weight is 441 g/mol. The number of likely N-dealkylation sites (N-methyl/N-ethyl adjacent to an activating group) is 1. The van der Waals surface area contributed by atoms with Crippen LogP contribution in [0.2, 0.25) is 0 Å². The van der Waals surface area contributed by atoms with Crippen LogP contribution in [-0.2, 0) is 18.3 Å². The minimum Gasteiger partial charge on any atom is -0.493 e. The molecule has 166 valence electrons. The van der Waals surface area contributed by atoms with Crippen LogP contribution in [0.25, 0.3) is 10.9 Å². The number of anilines is 1. The second kappa shape index (κ2) is 5.48. The van der Waals surface area contributed by atoms with E-state index in [9.17, 15) is 9.90 Å². The van der Waals surface area contributed by atoms with Crippen LogP contribution in [0.15, 0.2) is 30.3 Å². The maximum Gasteiger partial charge on any atom is 0.256 e. The zero-order chi connectivity index (χ0) is 22.3. The van der Waals surface area contributed by atoms with Gasteiger partial charge in [-0.2, -0.15) is 0 Å². The zero-order valence-electron chi connectivity index (χ0n) is 18.4. The van der Waals surface area contributed by atoms with Crippen LogP contribution in [0.1, 0.15) is 45.3 Å². The minimum absolute atomic E-state index is 0.0485. The van der Waals surface area contributed by atoms with Crippen molar-refractivity contribution in [3.63, 3.8) is 0 Å². The summed E-state index contributed by atoms with van der Waals surface area (Å²) in [7, 11) is 3.76. The molecule has 1 fully saturated rings. The molecule has 3 aliphatic heterocycles. The lowest BCUT2D eigenvalue weighted by molar-refractivity contribution is -0.167. The quantitative estimate of drug-likeness (QED) is 0.604. The summed E-state index contributed by atoms with van der Waals surface area (Å²) in [5.74, 6) is 1.32. The summed E-state index contributed by atoms with van der Waals surface area (Å²) in [6.07, 6.45) is 1.52. The Hall–Kier alpha value is -3.16. The van der Waals surface area contributed by atoms with Crippen molar-refractivity contribution in [1.82, 2.24) is 9.88 Å². The summed E-state index contributed by atoms with van der Waals surface area (Å²) in [5.41, 5.74) is 4.63. The van der Waals surface area contributed by atoms with E-state index in [0.29, 0.717) is 17.7 Å². The first-order valence-corrected chi connectivity index (χ1v) is 11.5. The van der Waals surface area contributed by atoms with E-state index in [-0.39, 0.29) is 11.9 Å². The van der Waals surface area contributed by atoms with Crippen molar-refractivity contribution in [2.24, 2.45) is 0 Å². The molecule has 1 saturated heterocycles. The van der Waals surface area contributed by atoms with Gasteiger partial charge in [-0.3, -0.25) is 4.79 Å². The van der Waals surface area contributed by atoms with E-state index in [0.717, 1.165) is 58.5 Å². The Morgan fingerprint density at radius 3 is 3.03 bits per heavy atom. The van der Waals surface area contributed by atoms with E-state index in [1.54, 1.807) is 7.11 Å². The molecule has 2 N–H and O–H groups in total. The van der Waals surface area contributed by atoms with Gasteiger partial charge in [0.1, 0.15) is 0 Å². The van der Waals surface area contributed by atoms with Gasteiger partial charge in [0, 0.05) is 29.0 Å². The summed E-state index contributed by atoms with van der Waals surface area (Å²) in [6, 6.07) is 9.72. The molecule has 2 aliphatic carbocycles. The number of hydrogen-bond acceptors (Lipinski definition) is 6. The molecule has 2 bridgehead atoms. The van der Waals surface area contributed by atoms with Crippen LogP contribution in [0.4, 0.5) is 5.69 Å². The lowest BCUT2D eigenvalue weighted by atomic mass is 9.49. The van der Waals surface area contributed by atoms with Gasteiger partial charge >= 0.3 is 0 Å². The molecule has 4 atom stereocenters. The first kappa shape index (κ1) is 18.3. The number of carbonyl (C=O) groups is 1. The second-order valence-corrected chi connectivity index (χ2v) is 10.2. The van der Waals surface area contributed by atoms with E-state index in [1.807, 2.05) is 24.3 Å². The highest BCUT2D eigenvalue weighted by molar-refractivity contribution is 6.24. The van der Waals surface area contributed by atoms with Gasteiger partial charge < -0.3 is 24.8 Å². The van der Waals surface area contributed by atoms with Gasteiger partial charge in [-0.1, -0.05) is 12.1 Å². The van der Waals surface area contributed by atoms with E-state index in [1.165, 1.54) is 5.56 Å². The minimum atomic E-state index is -1.05. The number of benzene rings is 2. The van der Waals surface area contributed by atoms with Gasteiger partial charge in [-0.25, -0.2) is 4.98 Å². The van der Waals surface area contributed by atoms with Crippen LogP contribution in [0, 0.1) is 0 Å². The lowest BCUT2D eigenvalue weighted by Crippen LogP contribution is -2.74. The first-order valence-electron chi connectivity index (χ1n) is 11.5. The number of methoxy groups -OCH3 is 1. The van der Waals surface area contributed by atoms with Crippen molar-refractivity contribution in [3.05, 3.63) is 58.3 Å². The fraction of sp³-hybridized carbons (Fsp3) is 0.385. The molecule has 7 heteroatoms.